The van der Waals surface area contributed by atoms with E-state index in [0.717, 1.165) is 0 Å². The van der Waals surface area contributed by atoms with Crippen molar-refractivity contribution in [1.29, 1.82) is 5.26 Å². The van der Waals surface area contributed by atoms with E-state index in [2.05, 4.69) is 16.8 Å². The van der Waals surface area contributed by atoms with Crippen LogP contribution in [0.1, 0.15) is 5.56 Å². The highest BCUT2D eigenvalue weighted by atomic mass is 35.5. The van der Waals surface area contributed by atoms with Crippen molar-refractivity contribution in [3.05, 3.63) is 28.0 Å². The monoisotopic (exact) mass is 196 g/mol. The van der Waals surface area contributed by atoms with Crippen LogP contribution < -0.4 is 0 Å². The minimum atomic E-state index is 0.196. The molecular weight excluding hydrogens is 195 g/mol. The zero-order valence-electron chi connectivity index (χ0n) is 5.81. The number of pyridine rings is 1. The van der Waals surface area contributed by atoms with Crippen LogP contribution in [0.15, 0.2) is 12.3 Å². The van der Waals surface area contributed by atoms with Crippen LogP contribution in [0.4, 0.5) is 0 Å². The lowest BCUT2D eigenvalue weighted by atomic mass is 10.3. The molecule has 0 fully saturated rings. The molecular formula is C8H2Cl2N2. The van der Waals surface area contributed by atoms with E-state index in [-0.39, 0.29) is 10.2 Å². The van der Waals surface area contributed by atoms with Crippen molar-refractivity contribution >= 4 is 23.2 Å². The Hall–Kier alpha value is -1.22. The first-order valence-electron chi connectivity index (χ1n) is 2.96. The highest BCUT2D eigenvalue weighted by molar-refractivity contribution is 6.41. The first-order valence-corrected chi connectivity index (χ1v) is 3.71. The predicted octanol–water partition coefficient (Wildman–Crippen LogP) is 2.26. The van der Waals surface area contributed by atoms with Gasteiger partial charge in [-0.15, -0.1) is 0 Å². The zero-order chi connectivity index (χ0) is 8.97. The fraction of sp³-hybridized carbons (Fsp3) is 0. The van der Waals surface area contributed by atoms with E-state index in [1.807, 2.05) is 0 Å². The van der Waals surface area contributed by atoms with Crippen LogP contribution in [-0.4, -0.2) is 4.98 Å². The molecule has 1 heterocycles. The Bertz CT molecular complexity index is 396. The third-order valence-electron chi connectivity index (χ3n) is 1.10. The summed E-state index contributed by atoms with van der Waals surface area (Å²) < 4.78 is 0. The van der Waals surface area contributed by atoms with Gasteiger partial charge in [-0.05, 0) is 12.0 Å². The molecule has 0 aliphatic rings. The van der Waals surface area contributed by atoms with Gasteiger partial charge in [-0.3, -0.25) is 0 Å². The van der Waals surface area contributed by atoms with Gasteiger partial charge in [0.15, 0.2) is 6.07 Å². The van der Waals surface area contributed by atoms with Gasteiger partial charge >= 0.3 is 0 Å². The molecule has 0 aliphatic heterocycles. The summed E-state index contributed by atoms with van der Waals surface area (Å²) in [6.45, 7) is 0. The summed E-state index contributed by atoms with van der Waals surface area (Å²) in [6.07, 6.45) is 1.48. The minimum Gasteiger partial charge on any atom is -0.243 e. The second-order valence-corrected chi connectivity index (χ2v) is 2.56. The van der Waals surface area contributed by atoms with E-state index >= 15 is 0 Å². The first kappa shape index (κ1) is 8.87. The highest BCUT2D eigenvalue weighted by Gasteiger charge is 2.01. The van der Waals surface area contributed by atoms with Crippen molar-refractivity contribution in [2.75, 3.05) is 0 Å². The van der Waals surface area contributed by atoms with Crippen LogP contribution in [0.3, 0.4) is 0 Å². The molecule has 0 aromatic carbocycles. The second-order valence-electron chi connectivity index (χ2n) is 1.83. The van der Waals surface area contributed by atoms with Gasteiger partial charge in [0.25, 0.3) is 0 Å². The first-order chi connectivity index (χ1) is 5.75. The smallest absolute Gasteiger partial charge is 0.152 e. The van der Waals surface area contributed by atoms with Gasteiger partial charge in [0.05, 0.1) is 5.02 Å². The van der Waals surface area contributed by atoms with Gasteiger partial charge in [-0.25, -0.2) is 4.98 Å². The Morgan fingerprint density at radius 2 is 2.17 bits per heavy atom. The molecule has 12 heavy (non-hydrogen) atoms. The number of halogens is 2. The van der Waals surface area contributed by atoms with E-state index in [1.54, 1.807) is 12.1 Å². The summed E-state index contributed by atoms with van der Waals surface area (Å²) in [4.78, 5) is 3.73. The molecule has 0 N–H and O–H groups in total. The summed E-state index contributed by atoms with van der Waals surface area (Å²) in [6, 6.07) is 3.28. The van der Waals surface area contributed by atoms with E-state index in [4.69, 9.17) is 28.5 Å². The highest BCUT2D eigenvalue weighted by Crippen LogP contribution is 2.21. The molecule has 0 unspecified atom stereocenters. The summed E-state index contributed by atoms with van der Waals surface area (Å²) in [5.74, 6) is 4.75. The quantitative estimate of drug-likeness (QED) is 0.472. The number of hydrogen-bond acceptors (Lipinski definition) is 2. The number of nitrogens with zero attached hydrogens (tertiary/aromatic N) is 2. The van der Waals surface area contributed by atoms with Crippen molar-refractivity contribution in [2.24, 2.45) is 0 Å². The molecule has 0 amide bonds. The molecule has 0 saturated carbocycles. The third-order valence-corrected chi connectivity index (χ3v) is 1.87. The van der Waals surface area contributed by atoms with Gasteiger partial charge in [-0.1, -0.05) is 23.2 Å². The van der Waals surface area contributed by atoms with E-state index in [9.17, 15) is 0 Å². The molecule has 0 radical (unpaired) electrons. The standard InChI is InChI=1S/C8H2Cl2N2/c9-7-6(2-1-4-11)3-5-12-8(7)10/h3,5H. The fourth-order valence-corrected chi connectivity index (χ4v) is 0.927. The number of rotatable bonds is 0. The van der Waals surface area contributed by atoms with Gasteiger partial charge in [0, 0.05) is 17.7 Å². The van der Waals surface area contributed by atoms with Crippen LogP contribution in [-0.2, 0) is 0 Å². The molecule has 58 valence electrons. The minimum absolute atomic E-state index is 0.196. The second kappa shape index (κ2) is 3.97. The Morgan fingerprint density at radius 1 is 1.42 bits per heavy atom. The van der Waals surface area contributed by atoms with Crippen LogP contribution in [0.5, 0.6) is 0 Å². The molecule has 1 aromatic rings. The van der Waals surface area contributed by atoms with Crippen molar-refractivity contribution in [3.8, 4) is 17.9 Å². The Labute approximate surface area is 79.7 Å². The lowest BCUT2D eigenvalue weighted by Gasteiger charge is -1.94. The third kappa shape index (κ3) is 1.89. The maximum absolute atomic E-state index is 8.17. The van der Waals surface area contributed by atoms with Gasteiger partial charge in [0.1, 0.15) is 5.15 Å². The lowest BCUT2D eigenvalue weighted by Crippen LogP contribution is -1.81. The topological polar surface area (TPSA) is 36.7 Å². The van der Waals surface area contributed by atoms with Gasteiger partial charge in [0.2, 0.25) is 0 Å². The zero-order valence-corrected chi connectivity index (χ0v) is 7.32. The van der Waals surface area contributed by atoms with Crippen molar-refractivity contribution in [2.45, 2.75) is 0 Å². The van der Waals surface area contributed by atoms with E-state index in [0.29, 0.717) is 5.56 Å². The normalized spacial score (nSPS) is 8.08. The summed E-state index contributed by atoms with van der Waals surface area (Å²) in [5, 5.41) is 8.65. The van der Waals surface area contributed by atoms with Crippen LogP contribution in [0, 0.1) is 23.2 Å². The lowest BCUT2D eigenvalue weighted by molar-refractivity contribution is 1.32. The molecule has 4 heteroatoms. The summed E-state index contributed by atoms with van der Waals surface area (Å²) >= 11 is 11.3. The maximum Gasteiger partial charge on any atom is 0.152 e. The predicted molar refractivity (Wildman–Crippen MR) is 46.7 cm³/mol. The fourth-order valence-electron chi connectivity index (χ4n) is 0.610. The molecule has 2 nitrogen and oxygen atoms in total. The number of nitriles is 1. The molecule has 1 rings (SSSR count). The van der Waals surface area contributed by atoms with Crippen molar-refractivity contribution in [1.82, 2.24) is 4.98 Å². The van der Waals surface area contributed by atoms with E-state index < -0.39 is 0 Å². The Kier molecular flexibility index (Phi) is 2.94. The van der Waals surface area contributed by atoms with E-state index in [1.165, 1.54) is 6.20 Å². The maximum atomic E-state index is 8.17. The molecule has 0 spiro atoms. The summed E-state index contributed by atoms with van der Waals surface area (Å²) in [7, 11) is 0. The van der Waals surface area contributed by atoms with Gasteiger partial charge in [-0.2, -0.15) is 5.26 Å². The van der Waals surface area contributed by atoms with Crippen LogP contribution in [0.2, 0.25) is 10.2 Å². The van der Waals surface area contributed by atoms with Crippen molar-refractivity contribution < 1.29 is 0 Å². The Morgan fingerprint density at radius 3 is 2.83 bits per heavy atom. The largest absolute Gasteiger partial charge is 0.243 e. The van der Waals surface area contributed by atoms with Gasteiger partial charge < -0.3 is 0 Å². The van der Waals surface area contributed by atoms with Crippen LogP contribution >= 0.6 is 23.2 Å². The number of aromatic nitrogens is 1. The molecule has 0 aliphatic carbocycles. The Balaban J connectivity index is 3.19. The summed E-state index contributed by atoms with van der Waals surface area (Å²) in [5.41, 5.74) is 0.512. The molecule has 0 bridgehead atoms. The molecule has 0 atom stereocenters. The average Bonchev–Trinajstić information content (AvgIpc) is 2.08. The average molecular weight is 197 g/mol. The molecule has 1 aromatic heterocycles. The molecule has 0 saturated heterocycles. The van der Waals surface area contributed by atoms with Crippen LogP contribution in [0.25, 0.3) is 0 Å². The number of hydrogen-bond donors (Lipinski definition) is 0. The van der Waals surface area contributed by atoms with Crippen molar-refractivity contribution in [3.63, 3.8) is 0 Å². The SMILES string of the molecule is N#CC#Cc1ccnc(Cl)c1Cl.